The maximum atomic E-state index is 10.4. The van der Waals surface area contributed by atoms with Gasteiger partial charge >= 0.3 is 0 Å². The molecule has 1 unspecified atom stereocenters. The predicted molar refractivity (Wildman–Crippen MR) is 39.9 cm³/mol. The van der Waals surface area contributed by atoms with Gasteiger partial charge in [0.05, 0.1) is 0 Å². The van der Waals surface area contributed by atoms with Crippen molar-refractivity contribution in [1.82, 2.24) is 0 Å². The highest BCUT2D eigenvalue weighted by Crippen LogP contribution is 2.09. The first-order valence-electron chi connectivity index (χ1n) is 3.31. The molecule has 0 amide bonds. The van der Waals surface area contributed by atoms with Gasteiger partial charge in [0.1, 0.15) is 6.29 Å². The average Bonchev–Trinajstić information content (AvgIpc) is 1.88. The summed E-state index contributed by atoms with van der Waals surface area (Å²) in [5.41, 5.74) is 0. The Morgan fingerprint density at radius 1 is 1.70 bits per heavy atom. The smallest absolute Gasteiger partial charge is 0.224 e. The van der Waals surface area contributed by atoms with Crippen molar-refractivity contribution in [2.24, 2.45) is 5.92 Å². The summed E-state index contributed by atoms with van der Waals surface area (Å²) in [4.78, 5) is 20.3. The van der Waals surface area contributed by atoms with Crippen LogP contribution in [-0.2, 0) is 9.59 Å². The fourth-order valence-electron chi connectivity index (χ4n) is 0.621. The van der Waals surface area contributed by atoms with Gasteiger partial charge in [-0.05, 0) is 24.4 Å². The van der Waals surface area contributed by atoms with Crippen LogP contribution >= 0.6 is 11.6 Å². The second-order valence-electron chi connectivity index (χ2n) is 2.30. The van der Waals surface area contributed by atoms with Gasteiger partial charge in [0.2, 0.25) is 5.24 Å². The van der Waals surface area contributed by atoms with Gasteiger partial charge in [0.25, 0.3) is 0 Å². The second-order valence-corrected chi connectivity index (χ2v) is 2.68. The van der Waals surface area contributed by atoms with Crippen LogP contribution in [0.2, 0.25) is 0 Å². The number of unbranched alkanes of at least 4 members (excludes halogenated alkanes) is 1. The summed E-state index contributed by atoms with van der Waals surface area (Å²) in [7, 11) is 0. The molecule has 0 saturated heterocycles. The highest BCUT2D eigenvalue weighted by molar-refractivity contribution is 6.63. The van der Waals surface area contributed by atoms with E-state index in [4.69, 9.17) is 11.6 Å². The maximum absolute atomic E-state index is 10.4. The van der Waals surface area contributed by atoms with Crippen molar-refractivity contribution in [1.29, 1.82) is 0 Å². The number of carbonyl (C=O) groups is 2. The molecular formula is C7H11ClO2. The molecule has 1 atom stereocenters. The molecule has 2 nitrogen and oxygen atoms in total. The van der Waals surface area contributed by atoms with E-state index in [9.17, 15) is 9.59 Å². The van der Waals surface area contributed by atoms with E-state index in [0.717, 1.165) is 12.7 Å². The molecule has 3 heteroatoms. The topological polar surface area (TPSA) is 34.1 Å². The Morgan fingerprint density at radius 3 is 2.70 bits per heavy atom. The molecule has 0 aromatic carbocycles. The van der Waals surface area contributed by atoms with Gasteiger partial charge in [-0.3, -0.25) is 4.79 Å². The van der Waals surface area contributed by atoms with E-state index in [1.165, 1.54) is 0 Å². The number of halogens is 1. The van der Waals surface area contributed by atoms with Gasteiger partial charge in [-0.15, -0.1) is 0 Å². The first-order valence-corrected chi connectivity index (χ1v) is 3.69. The Bertz CT molecular complexity index is 123. The standard InChI is InChI=1S/C7H11ClO2/c1-6(7(8)10)4-2-3-5-9/h5-6H,2-4H2,1H3. The molecule has 0 saturated carbocycles. The summed E-state index contributed by atoms with van der Waals surface area (Å²) in [6.45, 7) is 1.76. The normalized spacial score (nSPS) is 12.6. The summed E-state index contributed by atoms with van der Waals surface area (Å²) in [5, 5.41) is -0.314. The van der Waals surface area contributed by atoms with Gasteiger partial charge < -0.3 is 4.79 Å². The first-order chi connectivity index (χ1) is 4.68. The van der Waals surface area contributed by atoms with Crippen molar-refractivity contribution in [2.45, 2.75) is 26.2 Å². The van der Waals surface area contributed by atoms with E-state index in [1.807, 2.05) is 0 Å². The number of rotatable bonds is 5. The first kappa shape index (κ1) is 9.63. The molecule has 58 valence electrons. The van der Waals surface area contributed by atoms with Crippen LogP contribution in [0, 0.1) is 5.92 Å². The molecule has 0 aromatic rings. The molecular weight excluding hydrogens is 152 g/mol. The average molecular weight is 163 g/mol. The third kappa shape index (κ3) is 4.50. The number of aldehydes is 1. The maximum Gasteiger partial charge on any atom is 0.224 e. The fraction of sp³-hybridized carbons (Fsp3) is 0.714. The zero-order chi connectivity index (χ0) is 7.98. The Morgan fingerprint density at radius 2 is 2.30 bits per heavy atom. The van der Waals surface area contributed by atoms with Crippen LogP contribution in [0.4, 0.5) is 0 Å². The van der Waals surface area contributed by atoms with Gasteiger partial charge in [-0.2, -0.15) is 0 Å². The zero-order valence-corrected chi connectivity index (χ0v) is 6.73. The molecule has 0 heterocycles. The molecule has 0 bridgehead atoms. The number of hydrogen-bond acceptors (Lipinski definition) is 2. The largest absolute Gasteiger partial charge is 0.303 e. The molecule has 0 radical (unpaired) electrons. The Balaban J connectivity index is 3.30. The molecule has 0 spiro atoms. The predicted octanol–water partition coefficient (Wildman–Crippen LogP) is 1.76. The molecule has 0 rings (SSSR count). The Hall–Kier alpha value is -0.370. The summed E-state index contributed by atoms with van der Waals surface area (Å²) in [5.74, 6) is -0.110. The van der Waals surface area contributed by atoms with Crippen molar-refractivity contribution >= 4 is 23.1 Å². The highest BCUT2D eigenvalue weighted by atomic mass is 35.5. The van der Waals surface area contributed by atoms with Gasteiger partial charge in [-0.25, -0.2) is 0 Å². The summed E-state index contributed by atoms with van der Waals surface area (Å²) >= 11 is 5.18. The van der Waals surface area contributed by atoms with Crippen LogP contribution in [0.25, 0.3) is 0 Å². The monoisotopic (exact) mass is 162 g/mol. The number of carbonyl (C=O) groups excluding carboxylic acids is 2. The highest BCUT2D eigenvalue weighted by Gasteiger charge is 2.07. The van der Waals surface area contributed by atoms with Crippen molar-refractivity contribution in [3.05, 3.63) is 0 Å². The molecule has 0 N–H and O–H groups in total. The molecule has 0 aliphatic rings. The third-order valence-corrected chi connectivity index (χ3v) is 1.72. The minimum Gasteiger partial charge on any atom is -0.303 e. The zero-order valence-electron chi connectivity index (χ0n) is 5.97. The van der Waals surface area contributed by atoms with E-state index < -0.39 is 0 Å². The van der Waals surface area contributed by atoms with Crippen LogP contribution in [0.3, 0.4) is 0 Å². The van der Waals surface area contributed by atoms with Crippen LogP contribution in [-0.4, -0.2) is 11.5 Å². The lowest BCUT2D eigenvalue weighted by Crippen LogP contribution is -2.02. The van der Waals surface area contributed by atoms with Crippen molar-refractivity contribution in [3.8, 4) is 0 Å². The molecule has 0 fully saturated rings. The minimum absolute atomic E-state index is 0.110. The Labute approximate surface area is 65.6 Å². The van der Waals surface area contributed by atoms with Gasteiger partial charge in [0, 0.05) is 12.3 Å². The van der Waals surface area contributed by atoms with E-state index in [-0.39, 0.29) is 11.2 Å². The number of hydrogen-bond donors (Lipinski definition) is 0. The quantitative estimate of drug-likeness (QED) is 0.351. The lowest BCUT2D eigenvalue weighted by molar-refractivity contribution is -0.115. The molecule has 0 aliphatic carbocycles. The fourth-order valence-corrected chi connectivity index (χ4v) is 0.730. The Kier molecular flexibility index (Phi) is 5.22. The molecule has 0 aliphatic heterocycles. The van der Waals surface area contributed by atoms with Gasteiger partial charge in [-0.1, -0.05) is 6.92 Å². The summed E-state index contributed by atoms with van der Waals surface area (Å²) in [6, 6.07) is 0. The van der Waals surface area contributed by atoms with Crippen LogP contribution in [0.15, 0.2) is 0 Å². The van der Waals surface area contributed by atoms with Crippen molar-refractivity contribution in [2.75, 3.05) is 0 Å². The summed E-state index contributed by atoms with van der Waals surface area (Å²) < 4.78 is 0. The van der Waals surface area contributed by atoms with Crippen LogP contribution in [0.1, 0.15) is 26.2 Å². The SMILES string of the molecule is CC(CCCC=O)C(=O)Cl. The summed E-state index contributed by atoms with van der Waals surface area (Å²) in [6.07, 6.45) is 2.84. The van der Waals surface area contributed by atoms with Crippen LogP contribution < -0.4 is 0 Å². The second kappa shape index (κ2) is 5.42. The van der Waals surface area contributed by atoms with E-state index >= 15 is 0 Å². The lowest BCUT2D eigenvalue weighted by Gasteiger charge is -2.01. The lowest BCUT2D eigenvalue weighted by atomic mass is 10.1. The van der Waals surface area contributed by atoms with Crippen LogP contribution in [0.5, 0.6) is 0 Å². The third-order valence-electron chi connectivity index (χ3n) is 1.35. The molecule has 10 heavy (non-hydrogen) atoms. The van der Waals surface area contributed by atoms with E-state index in [1.54, 1.807) is 6.92 Å². The van der Waals surface area contributed by atoms with Crippen molar-refractivity contribution < 1.29 is 9.59 Å². The molecule has 0 aromatic heterocycles. The van der Waals surface area contributed by atoms with Crippen molar-refractivity contribution in [3.63, 3.8) is 0 Å². The van der Waals surface area contributed by atoms with Gasteiger partial charge in [0.15, 0.2) is 0 Å². The van der Waals surface area contributed by atoms with E-state index in [0.29, 0.717) is 12.8 Å². The minimum atomic E-state index is -0.314. The van der Waals surface area contributed by atoms with E-state index in [2.05, 4.69) is 0 Å².